The molecule has 0 unspecified atom stereocenters. The zero-order valence-electron chi connectivity index (χ0n) is 56.5. The van der Waals surface area contributed by atoms with Crippen LogP contribution in [0.2, 0.25) is 0 Å². The maximum Gasteiger partial charge on any atom is 0.335 e. The molecule has 0 fully saturated rings. The molecule has 0 aliphatic rings. The Morgan fingerprint density at radius 2 is 0.644 bits per heavy atom. The Balaban J connectivity index is 0.000000177. The molecular weight excluding hydrogens is 1330 g/mol. The second kappa shape index (κ2) is 36.0. The third kappa shape index (κ3) is 21.0. The minimum absolute atomic E-state index is 0.233. The fraction of sp³-hybridized carbons (Fsp3) is 0.207. The Morgan fingerprint density at radius 1 is 0.307 bits per heavy atom. The van der Waals surface area contributed by atoms with Gasteiger partial charge in [0.05, 0.1) is 48.4 Å². The summed E-state index contributed by atoms with van der Waals surface area (Å²) in [5.41, 5.74) is 9.16. The smallest absolute Gasteiger partial charge is 0.335 e. The number of hydrogen-bond donors (Lipinski definition) is 6. The number of sulfonamides is 3. The molecule has 0 radical (unpaired) electrons. The Bertz CT molecular complexity index is 5010. The van der Waals surface area contributed by atoms with Gasteiger partial charge < -0.3 is 20.2 Å². The number of aryl methyl sites for hydroxylation is 6. The van der Waals surface area contributed by atoms with Crippen LogP contribution in [0.25, 0.3) is 21.5 Å². The number of nitrogens with one attached hydrogen (secondary N) is 3. The van der Waals surface area contributed by atoms with Gasteiger partial charge in [-0.2, -0.15) is 0 Å². The van der Waals surface area contributed by atoms with Gasteiger partial charge in [-0.25, -0.2) is 39.6 Å². The fourth-order valence-corrected chi connectivity index (χ4v) is 15.8. The van der Waals surface area contributed by atoms with Crippen molar-refractivity contribution in [2.45, 2.75) is 111 Å². The normalized spacial score (nSPS) is 11.3. The van der Waals surface area contributed by atoms with E-state index in [0.29, 0.717) is 58.4 Å². The van der Waals surface area contributed by atoms with Crippen LogP contribution in [-0.4, -0.2) is 72.6 Å². The predicted molar refractivity (Wildman–Crippen MR) is 404 cm³/mol. The molecule has 0 atom stereocenters. The minimum atomic E-state index is -3.81. The van der Waals surface area contributed by atoms with E-state index < -0.39 is 48.0 Å². The topological polar surface area (TPSA) is 254 Å². The van der Waals surface area contributed by atoms with Crippen LogP contribution >= 0.6 is 0 Å². The van der Waals surface area contributed by atoms with Gasteiger partial charge in [-0.3, -0.25) is 14.2 Å². The van der Waals surface area contributed by atoms with Crippen molar-refractivity contribution in [3.05, 3.63) is 305 Å². The van der Waals surface area contributed by atoms with Crippen LogP contribution in [0.4, 0.5) is 22.7 Å². The Kier molecular flexibility index (Phi) is 26.6. The number of unbranched alkanes of at least 4 members (excludes halogenated alkanes) is 6. The van der Waals surface area contributed by atoms with Crippen molar-refractivity contribution in [3.8, 4) is 0 Å². The van der Waals surface area contributed by atoms with Gasteiger partial charge in [-0.05, 0) is 194 Å². The molecule has 0 bridgehead atoms. The van der Waals surface area contributed by atoms with Gasteiger partial charge in [0.25, 0.3) is 30.1 Å². The zero-order chi connectivity index (χ0) is 71.8. The van der Waals surface area contributed by atoms with E-state index in [4.69, 9.17) is 0 Å². The molecule has 16 nitrogen and oxygen atoms in total. The van der Waals surface area contributed by atoms with Crippen molar-refractivity contribution < 1.29 is 55.0 Å². The van der Waals surface area contributed by atoms with Crippen LogP contribution in [-0.2, 0) is 68.6 Å². The molecule has 19 heteroatoms. The predicted octanol–water partition coefficient (Wildman–Crippen LogP) is 17.8. The number of fused-ring (bicyclic) bond motifs is 2. The van der Waals surface area contributed by atoms with Crippen molar-refractivity contribution >= 4 is 92.3 Å². The Hall–Kier alpha value is -10.6. The first-order valence-corrected chi connectivity index (χ1v) is 38.1. The lowest BCUT2D eigenvalue weighted by Crippen LogP contribution is -2.15. The maximum atomic E-state index is 13.5. The first kappa shape index (κ1) is 74.6. The molecule has 0 heterocycles. The molecule has 11 rings (SSSR count). The van der Waals surface area contributed by atoms with Crippen molar-refractivity contribution in [3.63, 3.8) is 0 Å². The number of benzene rings is 11. The molecule has 6 N–H and O–H groups in total. The number of anilines is 4. The van der Waals surface area contributed by atoms with Crippen LogP contribution in [0.3, 0.4) is 0 Å². The number of nitrogens with zero attached hydrogens (tertiary/aromatic N) is 1. The highest BCUT2D eigenvalue weighted by atomic mass is 32.2. The number of rotatable bonds is 31. The third-order valence-corrected chi connectivity index (χ3v) is 21.6. The van der Waals surface area contributed by atoms with Crippen molar-refractivity contribution in [2.24, 2.45) is 0 Å². The molecule has 11 aromatic carbocycles. The van der Waals surface area contributed by atoms with E-state index in [9.17, 15) is 55.0 Å². The van der Waals surface area contributed by atoms with Gasteiger partial charge in [0, 0.05) is 30.6 Å². The molecule has 0 spiro atoms. The summed E-state index contributed by atoms with van der Waals surface area (Å²) in [5.74, 6) is -2.70. The average Bonchev–Trinajstić information content (AvgIpc) is 0.777. The standard InChI is InChI=1S/C30H32N2O4S.C28H27NO4S.C24H25NO4S/c1-32(2)28-20-10-18-26-25(28)17-11-21-29(26)37(35,36)31-27-19-9-7-15-23(27)14-5-3-4-12-22-13-6-8-16-24(22)30(33)34;30-28(31)26-16-8-6-12-22(26)11-2-1-3-13-23-14-7-9-17-27(23)29-34(32,33)25-19-18-21-10-4-5-15-24(21)20-25;26-24(27)22-17-9-7-12-19(22)11-3-1-4-13-20-14-8-10-18-23(20)25-30(28,29)21-15-5-2-6-16-21/h6-11,13,15-21,31H,3-5,12,14H2,1-2H3,(H,33,34);4-10,12,14-20,29H,1-3,11,13H2,(H,30,31);2,5-10,12,14-18,25H,1,3-4,11,13H2,(H,26,27). The summed E-state index contributed by atoms with van der Waals surface area (Å²) in [6.45, 7) is 0. The summed E-state index contributed by atoms with van der Waals surface area (Å²) in [4.78, 5) is 36.8. The molecule has 11 aromatic rings. The Labute approximate surface area is 592 Å². The van der Waals surface area contributed by atoms with Gasteiger partial charge in [-0.1, -0.05) is 201 Å². The van der Waals surface area contributed by atoms with E-state index in [1.807, 2.05) is 165 Å². The second-order valence-electron chi connectivity index (χ2n) is 24.7. The summed E-state index contributed by atoms with van der Waals surface area (Å²) in [6, 6.07) is 75.8. The number of carbonyl (C=O) groups is 3. The van der Waals surface area contributed by atoms with Crippen LogP contribution in [0.15, 0.2) is 269 Å². The van der Waals surface area contributed by atoms with Gasteiger partial charge in [0.15, 0.2) is 0 Å². The molecule has 522 valence electrons. The largest absolute Gasteiger partial charge is 0.478 e. The lowest BCUT2D eigenvalue weighted by atomic mass is 9.99. The quantitative estimate of drug-likeness (QED) is 0.0221. The molecule has 0 saturated carbocycles. The Morgan fingerprint density at radius 3 is 1.07 bits per heavy atom. The van der Waals surface area contributed by atoms with Crippen LogP contribution in [0, 0.1) is 0 Å². The van der Waals surface area contributed by atoms with Crippen molar-refractivity contribution in [1.29, 1.82) is 0 Å². The monoisotopic (exact) mass is 1410 g/mol. The van der Waals surface area contributed by atoms with E-state index in [-0.39, 0.29) is 14.7 Å². The lowest BCUT2D eigenvalue weighted by molar-refractivity contribution is 0.0684. The van der Waals surface area contributed by atoms with Gasteiger partial charge in [0.1, 0.15) is 0 Å². The molecule has 0 saturated heterocycles. The summed E-state index contributed by atoms with van der Waals surface area (Å²) >= 11 is 0. The molecule has 101 heavy (non-hydrogen) atoms. The van der Waals surface area contributed by atoms with Gasteiger partial charge >= 0.3 is 17.9 Å². The summed E-state index contributed by atoms with van der Waals surface area (Å²) < 4.78 is 86.6. The number of hydrogen-bond acceptors (Lipinski definition) is 10. The van der Waals surface area contributed by atoms with E-state index in [1.165, 1.54) is 0 Å². The molecule has 0 amide bonds. The zero-order valence-corrected chi connectivity index (χ0v) is 59.0. The number of carboxylic acids is 3. The fourth-order valence-electron chi connectivity index (χ4n) is 12.2. The SMILES string of the molecule is CN(C)c1cccc2c(S(=O)(=O)Nc3ccccc3CCCCCc3ccccc3C(=O)O)cccc12.O=C(O)c1ccccc1CCCCCc1ccccc1NS(=O)(=O)c1ccc2ccccc2c1.O=C(O)c1ccccc1CCCCCc1ccccc1NS(=O)(=O)c1ccccc1. The van der Waals surface area contributed by atoms with Gasteiger partial charge in [-0.15, -0.1) is 0 Å². The van der Waals surface area contributed by atoms with E-state index in [0.717, 1.165) is 132 Å². The third-order valence-electron chi connectivity index (χ3n) is 17.4. The minimum Gasteiger partial charge on any atom is -0.478 e. The summed E-state index contributed by atoms with van der Waals surface area (Å²) in [6.07, 6.45) is 12.3. The average molecular weight is 1410 g/mol. The molecular formula is C82H84N4O12S3. The van der Waals surface area contributed by atoms with Crippen LogP contribution < -0.4 is 19.1 Å². The van der Waals surface area contributed by atoms with E-state index in [1.54, 1.807) is 109 Å². The lowest BCUT2D eigenvalue weighted by Gasteiger charge is -2.18. The van der Waals surface area contributed by atoms with Gasteiger partial charge in [0.2, 0.25) is 0 Å². The highest BCUT2D eigenvalue weighted by molar-refractivity contribution is 7.93. The first-order valence-electron chi connectivity index (χ1n) is 33.7. The number of para-hydroxylation sites is 3. The van der Waals surface area contributed by atoms with Crippen LogP contribution in [0.1, 0.15) is 122 Å². The number of carboxylic acid groups (broad SMARTS) is 3. The molecule has 0 aliphatic heterocycles. The first-order chi connectivity index (χ1) is 48.7. The van der Waals surface area contributed by atoms with E-state index in [2.05, 4.69) is 14.2 Å². The van der Waals surface area contributed by atoms with Crippen molar-refractivity contribution in [2.75, 3.05) is 33.2 Å². The van der Waals surface area contributed by atoms with E-state index >= 15 is 0 Å². The highest BCUT2D eigenvalue weighted by Gasteiger charge is 2.22. The van der Waals surface area contributed by atoms with Crippen molar-refractivity contribution in [1.82, 2.24) is 0 Å². The maximum absolute atomic E-state index is 13.5. The number of aromatic carboxylic acids is 3. The summed E-state index contributed by atoms with van der Waals surface area (Å²) in [7, 11) is -7.28. The molecule has 0 aliphatic carbocycles. The highest BCUT2D eigenvalue weighted by Crippen LogP contribution is 2.33. The summed E-state index contributed by atoms with van der Waals surface area (Å²) in [5, 5.41) is 31.4. The second-order valence-corrected chi connectivity index (χ2v) is 29.7. The molecule has 0 aromatic heterocycles. The van der Waals surface area contributed by atoms with Crippen LogP contribution in [0.5, 0.6) is 0 Å².